The van der Waals surface area contributed by atoms with Gasteiger partial charge in [0, 0.05) is 33.1 Å². The van der Waals surface area contributed by atoms with Gasteiger partial charge in [-0.1, -0.05) is 33.6 Å². The van der Waals surface area contributed by atoms with Gasteiger partial charge in [-0.3, -0.25) is 19.5 Å². The van der Waals surface area contributed by atoms with Crippen LogP contribution >= 0.6 is 27.5 Å². The molecule has 30 heavy (non-hydrogen) atoms. The largest absolute Gasteiger partial charge is 0.507 e. The molecule has 2 aromatic carbocycles. The third-order valence-corrected chi connectivity index (χ3v) is 6.14. The average Bonchev–Trinajstić information content (AvgIpc) is 3.02. The third-order valence-electron chi connectivity index (χ3n) is 5.00. The van der Waals surface area contributed by atoms with E-state index in [9.17, 15) is 14.7 Å². The lowest BCUT2D eigenvalue weighted by molar-refractivity contribution is -0.132. The van der Waals surface area contributed by atoms with Gasteiger partial charge >= 0.3 is 0 Å². The molecule has 2 heterocycles. The van der Waals surface area contributed by atoms with Gasteiger partial charge in [0.05, 0.1) is 11.6 Å². The Morgan fingerprint density at radius 2 is 1.73 bits per heavy atom. The Morgan fingerprint density at radius 3 is 2.37 bits per heavy atom. The molecule has 1 saturated heterocycles. The molecule has 1 amide bonds. The molecule has 1 aromatic heterocycles. The van der Waals surface area contributed by atoms with Crippen LogP contribution in [0.4, 0.5) is 5.69 Å². The maximum atomic E-state index is 13.0. The molecule has 1 fully saturated rings. The van der Waals surface area contributed by atoms with E-state index in [4.69, 9.17) is 11.6 Å². The second-order valence-electron chi connectivity index (χ2n) is 6.89. The highest BCUT2D eigenvalue weighted by atomic mass is 79.9. The minimum absolute atomic E-state index is 0.0304. The molecule has 0 spiro atoms. The van der Waals surface area contributed by atoms with E-state index in [1.165, 1.54) is 4.90 Å². The summed E-state index contributed by atoms with van der Waals surface area (Å²) in [5.41, 5.74) is 2.56. The molecule has 1 atom stereocenters. The molecule has 0 bridgehead atoms. The summed E-state index contributed by atoms with van der Waals surface area (Å²) < 4.78 is 0.881. The van der Waals surface area contributed by atoms with Crippen LogP contribution in [0.2, 0.25) is 5.02 Å². The smallest absolute Gasteiger partial charge is 0.300 e. The second-order valence-corrected chi connectivity index (χ2v) is 8.18. The molecule has 0 radical (unpaired) electrons. The van der Waals surface area contributed by atoms with E-state index >= 15 is 0 Å². The molecule has 0 aliphatic carbocycles. The van der Waals surface area contributed by atoms with Crippen LogP contribution in [0.25, 0.3) is 5.76 Å². The number of aliphatic hydroxyl groups is 1. The van der Waals surface area contributed by atoms with Crippen molar-refractivity contribution in [3.63, 3.8) is 0 Å². The molecule has 7 heteroatoms. The maximum Gasteiger partial charge on any atom is 0.300 e. The Morgan fingerprint density at radius 1 is 1.07 bits per heavy atom. The number of aliphatic hydroxyl groups excluding tert-OH is 1. The van der Waals surface area contributed by atoms with Gasteiger partial charge in [0.15, 0.2) is 0 Å². The molecule has 4 rings (SSSR count). The van der Waals surface area contributed by atoms with Crippen LogP contribution in [0, 0.1) is 6.92 Å². The fraction of sp³-hybridized carbons (Fsp3) is 0.0870. The van der Waals surface area contributed by atoms with Crippen molar-refractivity contribution in [1.82, 2.24) is 4.98 Å². The number of anilines is 1. The predicted molar refractivity (Wildman–Crippen MR) is 119 cm³/mol. The molecular formula is C23H16BrClN2O3. The number of Topliss-reactive ketones (excluding diaryl/α,β-unsaturated/α-hetero) is 1. The van der Waals surface area contributed by atoms with E-state index in [1.54, 1.807) is 67.0 Å². The van der Waals surface area contributed by atoms with E-state index in [0.29, 0.717) is 21.8 Å². The number of halogens is 2. The summed E-state index contributed by atoms with van der Waals surface area (Å²) in [7, 11) is 0. The number of pyridine rings is 1. The Balaban J connectivity index is 1.94. The first-order chi connectivity index (χ1) is 14.4. The van der Waals surface area contributed by atoms with E-state index in [2.05, 4.69) is 20.9 Å². The lowest BCUT2D eigenvalue weighted by atomic mass is 9.95. The Labute approximate surface area is 186 Å². The normalized spacial score (nSPS) is 18.1. The van der Waals surface area contributed by atoms with E-state index in [1.807, 2.05) is 6.92 Å². The van der Waals surface area contributed by atoms with Crippen LogP contribution in [-0.2, 0) is 9.59 Å². The predicted octanol–water partition coefficient (Wildman–Crippen LogP) is 5.43. The number of carbonyl (C=O) groups is 2. The molecule has 1 aliphatic heterocycles. The van der Waals surface area contributed by atoms with Crippen molar-refractivity contribution in [2.45, 2.75) is 13.0 Å². The quantitative estimate of drug-likeness (QED) is 0.306. The van der Waals surface area contributed by atoms with Crippen molar-refractivity contribution in [1.29, 1.82) is 0 Å². The average molecular weight is 484 g/mol. The van der Waals surface area contributed by atoms with Gasteiger partial charge in [0.1, 0.15) is 5.76 Å². The van der Waals surface area contributed by atoms with E-state index < -0.39 is 17.7 Å². The van der Waals surface area contributed by atoms with Crippen molar-refractivity contribution in [2.75, 3.05) is 4.90 Å². The number of amides is 1. The number of rotatable bonds is 3. The third kappa shape index (κ3) is 3.53. The minimum Gasteiger partial charge on any atom is -0.507 e. The lowest BCUT2D eigenvalue weighted by Gasteiger charge is -2.25. The summed E-state index contributed by atoms with van der Waals surface area (Å²) >= 11 is 9.42. The number of benzene rings is 2. The van der Waals surface area contributed by atoms with Crippen LogP contribution in [0.1, 0.15) is 22.7 Å². The highest BCUT2D eigenvalue weighted by molar-refractivity contribution is 9.10. The lowest BCUT2D eigenvalue weighted by Crippen LogP contribution is -2.29. The van der Waals surface area contributed by atoms with Crippen LogP contribution in [0.15, 0.2) is 77.0 Å². The fourth-order valence-electron chi connectivity index (χ4n) is 3.51. The second kappa shape index (κ2) is 8.05. The van der Waals surface area contributed by atoms with Crippen LogP contribution in [0.3, 0.4) is 0 Å². The Hall–Kier alpha value is -2.96. The maximum absolute atomic E-state index is 13.0. The topological polar surface area (TPSA) is 70.5 Å². The molecule has 1 aliphatic rings. The first-order valence-corrected chi connectivity index (χ1v) is 10.3. The number of carbonyl (C=O) groups excluding carboxylic acids is 2. The van der Waals surface area contributed by atoms with Crippen LogP contribution in [0.5, 0.6) is 0 Å². The van der Waals surface area contributed by atoms with E-state index in [0.717, 1.165) is 10.0 Å². The molecule has 0 saturated carbocycles. The standard InChI is InChI=1S/C23H16BrClN2O3/c1-13-12-15(2-7-18(13)24)21(28)19-20(14-8-10-26-11-9-14)27(23(30)22(19)29)17-5-3-16(25)4-6-17/h2-12,20,28H,1H3/b21-19-. The van der Waals surface area contributed by atoms with Crippen LogP contribution in [-0.4, -0.2) is 21.8 Å². The molecule has 1 unspecified atom stereocenters. The molecule has 5 nitrogen and oxygen atoms in total. The van der Waals surface area contributed by atoms with Gasteiger partial charge in [0.2, 0.25) is 0 Å². The molecule has 3 aromatic rings. The number of aromatic nitrogens is 1. The number of hydrogen-bond acceptors (Lipinski definition) is 4. The number of nitrogens with zero attached hydrogens (tertiary/aromatic N) is 2. The summed E-state index contributed by atoms with van der Waals surface area (Å²) in [6.45, 7) is 1.88. The van der Waals surface area contributed by atoms with E-state index in [-0.39, 0.29) is 11.3 Å². The highest BCUT2D eigenvalue weighted by Gasteiger charge is 2.46. The number of ketones is 1. The SMILES string of the molecule is Cc1cc(/C(O)=C2/C(=O)C(=O)N(c3ccc(Cl)cc3)C2c2ccncc2)ccc1Br. The number of aryl methyl sites for hydroxylation is 1. The summed E-state index contributed by atoms with van der Waals surface area (Å²) in [4.78, 5) is 31.5. The van der Waals surface area contributed by atoms with Gasteiger partial charge in [-0.2, -0.15) is 0 Å². The van der Waals surface area contributed by atoms with Crippen molar-refractivity contribution < 1.29 is 14.7 Å². The summed E-state index contributed by atoms with van der Waals surface area (Å²) in [6.07, 6.45) is 3.17. The summed E-state index contributed by atoms with van der Waals surface area (Å²) in [5, 5.41) is 11.6. The molecule has 1 N–H and O–H groups in total. The first kappa shape index (κ1) is 20.3. The molecule has 150 valence electrons. The van der Waals surface area contributed by atoms with Gasteiger partial charge < -0.3 is 5.11 Å². The van der Waals surface area contributed by atoms with Crippen molar-refractivity contribution in [3.8, 4) is 0 Å². The van der Waals surface area contributed by atoms with Crippen molar-refractivity contribution in [2.24, 2.45) is 0 Å². The zero-order chi connectivity index (χ0) is 21.4. The summed E-state index contributed by atoms with van der Waals surface area (Å²) in [5.74, 6) is -1.68. The zero-order valence-corrected chi connectivity index (χ0v) is 18.2. The van der Waals surface area contributed by atoms with Gasteiger partial charge in [0.25, 0.3) is 11.7 Å². The minimum atomic E-state index is -0.793. The zero-order valence-electron chi connectivity index (χ0n) is 15.8. The Kier molecular flexibility index (Phi) is 5.45. The number of hydrogen-bond donors (Lipinski definition) is 1. The Bertz CT molecular complexity index is 1180. The highest BCUT2D eigenvalue weighted by Crippen LogP contribution is 2.42. The van der Waals surface area contributed by atoms with Crippen molar-refractivity contribution in [3.05, 3.63) is 98.7 Å². The van der Waals surface area contributed by atoms with Gasteiger partial charge in [-0.05, 0) is 66.6 Å². The van der Waals surface area contributed by atoms with Gasteiger partial charge in [-0.15, -0.1) is 0 Å². The monoisotopic (exact) mass is 482 g/mol. The van der Waals surface area contributed by atoms with Crippen molar-refractivity contribution >= 4 is 50.7 Å². The molecular weight excluding hydrogens is 468 g/mol. The first-order valence-electron chi connectivity index (χ1n) is 9.11. The summed E-state index contributed by atoms with van der Waals surface area (Å²) in [6, 6.07) is 14.6. The van der Waals surface area contributed by atoms with Crippen LogP contribution < -0.4 is 4.90 Å². The van der Waals surface area contributed by atoms with Gasteiger partial charge in [-0.25, -0.2) is 0 Å². The fourth-order valence-corrected chi connectivity index (χ4v) is 3.88.